The van der Waals surface area contributed by atoms with E-state index in [0.717, 1.165) is 4.31 Å². The minimum atomic E-state index is -4.10. The molecule has 0 atom stereocenters. The van der Waals surface area contributed by atoms with Gasteiger partial charge in [-0.3, -0.25) is 9.10 Å². The van der Waals surface area contributed by atoms with Crippen molar-refractivity contribution in [3.63, 3.8) is 0 Å². The van der Waals surface area contributed by atoms with E-state index < -0.39 is 21.8 Å². The van der Waals surface area contributed by atoms with Crippen LogP contribution in [0.5, 0.6) is 0 Å². The quantitative estimate of drug-likeness (QED) is 0.417. The van der Waals surface area contributed by atoms with E-state index in [1.807, 2.05) is 0 Å². The third-order valence-electron chi connectivity index (χ3n) is 2.93. The summed E-state index contributed by atoms with van der Waals surface area (Å²) in [6.45, 7) is -0.613. The van der Waals surface area contributed by atoms with Crippen molar-refractivity contribution >= 4 is 83.3 Å². The number of hydrogen-bond acceptors (Lipinski definition) is 3. The number of carbonyl (C=O) groups excluding carboxylic acids is 1. The third kappa shape index (κ3) is 4.36. The van der Waals surface area contributed by atoms with Gasteiger partial charge in [0, 0.05) is 4.47 Å². The Bertz CT molecular complexity index is 888. The van der Waals surface area contributed by atoms with Crippen molar-refractivity contribution in [3.8, 4) is 0 Å². The van der Waals surface area contributed by atoms with Crippen LogP contribution in [-0.2, 0) is 14.8 Å². The summed E-state index contributed by atoms with van der Waals surface area (Å²) in [7, 11) is -4.10. The molecule has 0 saturated heterocycles. The summed E-state index contributed by atoms with van der Waals surface area (Å²) < 4.78 is 27.3. The zero-order valence-corrected chi connectivity index (χ0v) is 17.1. The number of sulfonamides is 1. The molecule has 0 unspecified atom stereocenters. The van der Waals surface area contributed by atoms with Crippen molar-refractivity contribution in [1.82, 2.24) is 0 Å². The topological polar surface area (TPSA) is 54.5 Å². The van der Waals surface area contributed by atoms with Gasteiger partial charge in [0.25, 0.3) is 10.0 Å². The van der Waals surface area contributed by atoms with Crippen LogP contribution in [0.1, 0.15) is 0 Å². The van der Waals surface area contributed by atoms with Crippen molar-refractivity contribution in [2.75, 3.05) is 10.8 Å². The summed E-state index contributed by atoms with van der Waals surface area (Å²) in [6, 6.07) is 8.45. The minimum Gasteiger partial charge on any atom is -0.279 e. The maximum atomic E-state index is 12.9. The van der Waals surface area contributed by atoms with E-state index in [4.69, 9.17) is 46.4 Å². The van der Waals surface area contributed by atoms with E-state index in [9.17, 15) is 13.2 Å². The number of nitrogens with zero attached hydrogens (tertiary/aromatic N) is 1. The molecule has 0 bridgehead atoms. The van der Waals surface area contributed by atoms with Gasteiger partial charge in [-0.1, -0.05) is 50.7 Å². The number of benzene rings is 2. The molecule has 24 heavy (non-hydrogen) atoms. The lowest BCUT2D eigenvalue weighted by Gasteiger charge is -2.24. The lowest BCUT2D eigenvalue weighted by molar-refractivity contribution is -0.110. The van der Waals surface area contributed by atoms with Gasteiger partial charge in [0.15, 0.2) is 0 Å². The highest BCUT2D eigenvalue weighted by atomic mass is 79.9. The Morgan fingerprint density at radius 1 is 1.00 bits per heavy atom. The van der Waals surface area contributed by atoms with Gasteiger partial charge in [0.2, 0.25) is 5.24 Å². The Hall–Kier alpha value is -0.500. The molecule has 0 amide bonds. The second-order valence-corrected chi connectivity index (χ2v) is 8.96. The predicted octanol–water partition coefficient (Wildman–Crippen LogP) is 5.37. The van der Waals surface area contributed by atoms with E-state index in [-0.39, 0.29) is 25.7 Å². The molecule has 0 aliphatic carbocycles. The van der Waals surface area contributed by atoms with E-state index in [1.165, 1.54) is 24.3 Å². The summed E-state index contributed by atoms with van der Waals surface area (Å²) in [6.07, 6.45) is 0. The second-order valence-electron chi connectivity index (χ2n) is 4.54. The predicted molar refractivity (Wildman–Crippen MR) is 101 cm³/mol. The van der Waals surface area contributed by atoms with Crippen LogP contribution in [-0.4, -0.2) is 20.2 Å². The van der Waals surface area contributed by atoms with Crippen LogP contribution in [0.15, 0.2) is 45.8 Å². The van der Waals surface area contributed by atoms with Crippen LogP contribution in [0.25, 0.3) is 0 Å². The fourth-order valence-corrected chi connectivity index (χ4v) is 4.43. The fourth-order valence-electron chi connectivity index (χ4n) is 1.85. The van der Waals surface area contributed by atoms with Crippen molar-refractivity contribution in [2.24, 2.45) is 0 Å². The van der Waals surface area contributed by atoms with Crippen molar-refractivity contribution in [3.05, 3.63) is 55.9 Å². The first-order valence-electron chi connectivity index (χ1n) is 6.24. The van der Waals surface area contributed by atoms with E-state index in [1.54, 1.807) is 12.1 Å². The summed E-state index contributed by atoms with van der Waals surface area (Å²) >= 11 is 26.5. The summed E-state index contributed by atoms with van der Waals surface area (Å²) in [4.78, 5) is 11.3. The van der Waals surface area contributed by atoms with E-state index in [0.29, 0.717) is 4.47 Å². The molecule has 128 valence electrons. The summed E-state index contributed by atoms with van der Waals surface area (Å²) in [5, 5.41) is -0.612. The van der Waals surface area contributed by atoms with Gasteiger partial charge in [-0.15, -0.1) is 0 Å². The molecule has 2 rings (SSSR count). The monoisotopic (exact) mass is 489 g/mol. The maximum Gasteiger partial charge on any atom is 0.264 e. The summed E-state index contributed by atoms with van der Waals surface area (Å²) in [5.74, 6) is 0. The normalized spacial score (nSPS) is 11.4. The average Bonchev–Trinajstić information content (AvgIpc) is 2.49. The van der Waals surface area contributed by atoms with Gasteiger partial charge in [-0.2, -0.15) is 0 Å². The van der Waals surface area contributed by atoms with Gasteiger partial charge in [-0.25, -0.2) is 8.42 Å². The smallest absolute Gasteiger partial charge is 0.264 e. The molecule has 0 radical (unpaired) electrons. The number of halogens is 5. The molecule has 0 aliphatic heterocycles. The van der Waals surface area contributed by atoms with Crippen molar-refractivity contribution < 1.29 is 13.2 Å². The molecule has 2 aromatic rings. The molecule has 0 aromatic heterocycles. The molecule has 2 aromatic carbocycles. The van der Waals surface area contributed by atoms with Crippen LogP contribution in [0.2, 0.25) is 15.1 Å². The summed E-state index contributed by atoms with van der Waals surface area (Å²) in [5.41, 5.74) is 0.00276. The molecule has 10 heteroatoms. The van der Waals surface area contributed by atoms with Gasteiger partial charge < -0.3 is 0 Å². The SMILES string of the molecule is O=C(Cl)CN(c1cc(Cl)c(Cl)cc1Cl)S(=O)(=O)c1ccc(Br)cc1. The van der Waals surface area contributed by atoms with Crippen LogP contribution < -0.4 is 4.31 Å². The zero-order chi connectivity index (χ0) is 18.1. The lowest BCUT2D eigenvalue weighted by atomic mass is 10.3. The van der Waals surface area contributed by atoms with Gasteiger partial charge in [0.1, 0.15) is 6.54 Å². The molecule has 0 aliphatic rings. The number of anilines is 1. The highest BCUT2D eigenvalue weighted by Gasteiger charge is 2.29. The molecule has 0 heterocycles. The fraction of sp³-hybridized carbons (Fsp3) is 0.0714. The molecule has 0 saturated carbocycles. The third-order valence-corrected chi connectivity index (χ3v) is 6.38. The second kappa shape index (κ2) is 7.81. The first-order chi connectivity index (χ1) is 11.1. The number of carbonyl (C=O) groups is 1. The van der Waals surface area contributed by atoms with Crippen LogP contribution in [0.3, 0.4) is 0 Å². The maximum absolute atomic E-state index is 12.9. The van der Waals surface area contributed by atoms with Crippen LogP contribution >= 0.6 is 62.3 Å². The standard InChI is InChI=1S/C14H8BrCl4NO3S/c15-8-1-3-9(4-2-8)24(22,23)20(7-14(19)21)13-6-11(17)10(16)5-12(13)18/h1-6H,7H2. The molecule has 0 fully saturated rings. The molecule has 0 N–H and O–H groups in total. The highest BCUT2D eigenvalue weighted by Crippen LogP contribution is 2.37. The largest absolute Gasteiger partial charge is 0.279 e. The van der Waals surface area contributed by atoms with Crippen LogP contribution in [0, 0.1) is 0 Å². The van der Waals surface area contributed by atoms with Gasteiger partial charge in [-0.05, 0) is 48.0 Å². The Balaban J connectivity index is 2.63. The zero-order valence-electron chi connectivity index (χ0n) is 11.6. The number of rotatable bonds is 5. The molecule has 4 nitrogen and oxygen atoms in total. The van der Waals surface area contributed by atoms with Crippen LogP contribution in [0.4, 0.5) is 5.69 Å². The Morgan fingerprint density at radius 2 is 1.54 bits per heavy atom. The Labute approximate surface area is 167 Å². The van der Waals surface area contributed by atoms with E-state index in [2.05, 4.69) is 15.9 Å². The van der Waals surface area contributed by atoms with Crippen molar-refractivity contribution in [1.29, 1.82) is 0 Å². The minimum absolute atomic E-state index is 0.00276. The van der Waals surface area contributed by atoms with Gasteiger partial charge >= 0.3 is 0 Å². The molecule has 0 spiro atoms. The van der Waals surface area contributed by atoms with E-state index >= 15 is 0 Å². The first-order valence-corrected chi connectivity index (χ1v) is 9.98. The Kier molecular flexibility index (Phi) is 6.45. The Morgan fingerprint density at radius 3 is 2.08 bits per heavy atom. The first kappa shape index (κ1) is 19.8. The van der Waals surface area contributed by atoms with Crippen molar-refractivity contribution in [2.45, 2.75) is 4.90 Å². The number of hydrogen-bond donors (Lipinski definition) is 0. The lowest BCUT2D eigenvalue weighted by Crippen LogP contribution is -2.34. The molecular weight excluding hydrogens is 484 g/mol. The average molecular weight is 492 g/mol. The molecular formula is C14H8BrCl4NO3S. The highest BCUT2D eigenvalue weighted by molar-refractivity contribution is 9.10. The van der Waals surface area contributed by atoms with Gasteiger partial charge in [0.05, 0.1) is 25.7 Å².